The SMILES string of the molecule is [2H]C(c1cnc[nH]1)[C@@]([2H])(NC(=O)c1ccccc1)C(=O)OC. The van der Waals surface area contributed by atoms with Crippen molar-refractivity contribution in [3.8, 4) is 0 Å². The van der Waals surface area contributed by atoms with Gasteiger partial charge in [0.1, 0.15) is 6.02 Å². The van der Waals surface area contributed by atoms with Crippen LogP contribution in [0.2, 0.25) is 0 Å². The lowest BCUT2D eigenvalue weighted by molar-refractivity contribution is -0.142. The van der Waals surface area contributed by atoms with Crippen LogP contribution in [0, 0.1) is 0 Å². The van der Waals surface area contributed by atoms with Gasteiger partial charge in [-0.3, -0.25) is 4.79 Å². The molecule has 6 heteroatoms. The summed E-state index contributed by atoms with van der Waals surface area (Å²) in [4.78, 5) is 30.6. The van der Waals surface area contributed by atoms with Crippen molar-refractivity contribution < 1.29 is 17.1 Å². The van der Waals surface area contributed by atoms with Gasteiger partial charge >= 0.3 is 5.97 Å². The minimum absolute atomic E-state index is 0.216. The number of methoxy groups -OCH3 is 1. The Kier molecular flexibility index (Phi) is 3.65. The van der Waals surface area contributed by atoms with Crippen LogP contribution in [0.1, 0.15) is 18.8 Å². The van der Waals surface area contributed by atoms with Crippen LogP contribution in [-0.4, -0.2) is 35.0 Å². The normalized spacial score (nSPS) is 16.2. The Morgan fingerprint density at radius 1 is 1.50 bits per heavy atom. The Hall–Kier alpha value is -2.63. The summed E-state index contributed by atoms with van der Waals surface area (Å²) in [7, 11) is 1.10. The van der Waals surface area contributed by atoms with Gasteiger partial charge in [-0.05, 0) is 12.1 Å². The van der Waals surface area contributed by atoms with Gasteiger partial charge in [0, 0.05) is 25.2 Å². The van der Waals surface area contributed by atoms with Crippen LogP contribution in [0.5, 0.6) is 0 Å². The molecule has 2 N–H and O–H groups in total. The first-order valence-electron chi connectivity index (χ1n) is 6.93. The fourth-order valence-corrected chi connectivity index (χ4v) is 1.54. The summed E-state index contributed by atoms with van der Waals surface area (Å²) >= 11 is 0. The molecule has 0 aliphatic rings. The molecule has 6 nitrogen and oxygen atoms in total. The summed E-state index contributed by atoms with van der Waals surface area (Å²) in [5, 5.41) is 2.27. The molecule has 1 amide bonds. The first-order chi connectivity index (χ1) is 10.5. The summed E-state index contributed by atoms with van der Waals surface area (Å²) in [5.74, 6) is -1.68. The van der Waals surface area contributed by atoms with E-state index in [-0.39, 0.29) is 11.3 Å². The molecule has 0 aliphatic carbocycles. The fourth-order valence-electron chi connectivity index (χ4n) is 1.54. The zero-order valence-electron chi connectivity index (χ0n) is 12.8. The number of H-pyrrole nitrogens is 1. The van der Waals surface area contributed by atoms with E-state index in [1.54, 1.807) is 30.3 Å². The molecule has 0 saturated carbocycles. The van der Waals surface area contributed by atoms with Crippen molar-refractivity contribution in [2.45, 2.75) is 12.4 Å². The zero-order valence-corrected chi connectivity index (χ0v) is 10.8. The molecule has 0 fully saturated rings. The molecule has 0 bridgehead atoms. The highest BCUT2D eigenvalue weighted by Crippen LogP contribution is 2.04. The largest absolute Gasteiger partial charge is 0.467 e. The van der Waals surface area contributed by atoms with Crippen molar-refractivity contribution in [1.82, 2.24) is 15.3 Å². The minimum Gasteiger partial charge on any atom is -0.467 e. The second-order valence-electron chi connectivity index (χ2n) is 3.88. The molecule has 1 unspecified atom stereocenters. The topological polar surface area (TPSA) is 84.1 Å². The lowest BCUT2D eigenvalue weighted by Crippen LogP contribution is -2.43. The molecule has 2 aromatic rings. The van der Waals surface area contributed by atoms with E-state index in [2.05, 4.69) is 20.0 Å². The molecular weight excluding hydrogens is 258 g/mol. The van der Waals surface area contributed by atoms with E-state index >= 15 is 0 Å². The van der Waals surface area contributed by atoms with Crippen LogP contribution in [0.3, 0.4) is 0 Å². The van der Waals surface area contributed by atoms with Gasteiger partial charge in [-0.25, -0.2) is 9.78 Å². The highest BCUT2D eigenvalue weighted by molar-refractivity contribution is 5.96. The van der Waals surface area contributed by atoms with Crippen molar-refractivity contribution in [1.29, 1.82) is 0 Å². The van der Waals surface area contributed by atoms with Crippen LogP contribution in [0.25, 0.3) is 0 Å². The number of hydrogen-bond acceptors (Lipinski definition) is 4. The summed E-state index contributed by atoms with van der Waals surface area (Å²) in [6.07, 6.45) is 1.22. The summed E-state index contributed by atoms with van der Waals surface area (Å²) in [6, 6.07) is 5.85. The smallest absolute Gasteiger partial charge is 0.328 e. The highest BCUT2D eigenvalue weighted by atomic mass is 16.5. The van der Waals surface area contributed by atoms with Gasteiger partial charge < -0.3 is 15.0 Å². The number of esters is 1. The third-order valence-corrected chi connectivity index (χ3v) is 2.51. The van der Waals surface area contributed by atoms with Crippen molar-refractivity contribution in [3.63, 3.8) is 0 Å². The predicted octanol–water partition coefficient (Wildman–Crippen LogP) is 0.924. The Balaban J connectivity index is 2.30. The number of aromatic amines is 1. The quantitative estimate of drug-likeness (QED) is 0.795. The molecule has 0 saturated heterocycles. The molecule has 2 rings (SSSR count). The number of amides is 1. The lowest BCUT2D eigenvalue weighted by atomic mass is 10.1. The molecule has 1 aromatic heterocycles. The molecule has 0 radical (unpaired) electrons. The second-order valence-corrected chi connectivity index (χ2v) is 3.88. The fraction of sp³-hybridized carbons (Fsp3) is 0.214. The molecule has 20 heavy (non-hydrogen) atoms. The Morgan fingerprint density at radius 3 is 2.85 bits per heavy atom. The van der Waals surface area contributed by atoms with Crippen LogP contribution >= 0.6 is 0 Å². The zero-order chi connectivity index (χ0) is 16.2. The maximum Gasteiger partial charge on any atom is 0.328 e. The summed E-state index contributed by atoms with van der Waals surface area (Å²) < 4.78 is 20.9. The standard InChI is InChI=1S/C14H15N3O3/c1-20-14(19)12(7-11-8-15-9-16-11)17-13(18)10-5-3-2-4-6-10/h2-6,8-9,12H,7H2,1H3,(H,15,16)(H,17,18)/t12-/m1/s1/i7D,12D/t7?,12-. The van der Waals surface area contributed by atoms with Crippen LogP contribution < -0.4 is 5.32 Å². The number of hydrogen-bond donors (Lipinski definition) is 2. The molecule has 0 aliphatic heterocycles. The lowest BCUT2D eigenvalue weighted by Gasteiger charge is -2.15. The number of carbonyl (C=O) groups excluding carboxylic acids is 2. The van der Waals surface area contributed by atoms with Crippen LogP contribution in [0.15, 0.2) is 42.9 Å². The van der Waals surface area contributed by atoms with E-state index in [9.17, 15) is 9.59 Å². The van der Waals surface area contributed by atoms with E-state index in [1.165, 1.54) is 12.5 Å². The van der Waals surface area contributed by atoms with Crippen LogP contribution in [-0.2, 0) is 15.9 Å². The number of imidazole rings is 1. The Labute approximate surface area is 119 Å². The molecule has 0 spiro atoms. The first kappa shape index (κ1) is 11.2. The van der Waals surface area contributed by atoms with E-state index < -0.39 is 24.3 Å². The predicted molar refractivity (Wildman–Crippen MR) is 72.0 cm³/mol. The summed E-state index contributed by atoms with van der Waals surface area (Å²) in [6.45, 7) is 0. The van der Waals surface area contributed by atoms with Crippen molar-refractivity contribution >= 4 is 11.9 Å². The minimum atomic E-state index is -2.30. The monoisotopic (exact) mass is 275 g/mol. The van der Waals surface area contributed by atoms with Gasteiger partial charge in [0.05, 0.1) is 14.8 Å². The molecule has 1 aromatic carbocycles. The molecular formula is C14H15N3O3. The van der Waals surface area contributed by atoms with Crippen LogP contribution in [0.4, 0.5) is 0 Å². The van der Waals surface area contributed by atoms with E-state index in [0.29, 0.717) is 0 Å². The molecule has 1 heterocycles. The number of nitrogens with zero attached hydrogens (tertiary/aromatic N) is 1. The maximum absolute atomic E-state index is 12.2. The molecule has 104 valence electrons. The number of ether oxygens (including phenoxy) is 1. The second kappa shape index (κ2) is 6.51. The van der Waals surface area contributed by atoms with Crippen molar-refractivity contribution in [2.75, 3.05) is 7.11 Å². The number of carbonyl (C=O) groups is 2. The van der Waals surface area contributed by atoms with E-state index in [1.807, 2.05) is 0 Å². The average Bonchev–Trinajstić information content (AvgIpc) is 3.08. The highest BCUT2D eigenvalue weighted by Gasteiger charge is 2.22. The molecule has 2 atom stereocenters. The summed E-state index contributed by atoms with van der Waals surface area (Å²) in [5.41, 5.74) is 0.494. The Bertz CT molecular complexity index is 649. The van der Waals surface area contributed by atoms with E-state index in [0.717, 1.165) is 7.11 Å². The van der Waals surface area contributed by atoms with Gasteiger partial charge in [0.15, 0.2) is 0 Å². The van der Waals surface area contributed by atoms with Gasteiger partial charge in [-0.15, -0.1) is 0 Å². The number of benzene rings is 1. The number of rotatable bonds is 5. The van der Waals surface area contributed by atoms with E-state index in [4.69, 9.17) is 2.74 Å². The van der Waals surface area contributed by atoms with Gasteiger partial charge in [0.25, 0.3) is 5.91 Å². The Morgan fingerprint density at radius 2 is 2.25 bits per heavy atom. The van der Waals surface area contributed by atoms with Gasteiger partial charge in [0.2, 0.25) is 0 Å². The van der Waals surface area contributed by atoms with Crippen molar-refractivity contribution in [3.05, 3.63) is 54.1 Å². The number of nitrogens with one attached hydrogen (secondary N) is 2. The number of aromatic nitrogens is 2. The van der Waals surface area contributed by atoms with Gasteiger partial charge in [-0.1, -0.05) is 18.2 Å². The average molecular weight is 275 g/mol. The third kappa shape index (κ3) is 3.44. The first-order valence-corrected chi connectivity index (χ1v) is 5.85. The van der Waals surface area contributed by atoms with Crippen molar-refractivity contribution in [2.24, 2.45) is 0 Å². The maximum atomic E-state index is 12.2. The third-order valence-electron chi connectivity index (χ3n) is 2.51. The van der Waals surface area contributed by atoms with Gasteiger partial charge in [-0.2, -0.15) is 0 Å².